The summed E-state index contributed by atoms with van der Waals surface area (Å²) in [6.45, 7) is 1.84. The molecular formula is C17H15N3O2S. The molecule has 0 radical (unpaired) electrons. The molecule has 0 aliphatic rings. The summed E-state index contributed by atoms with van der Waals surface area (Å²) in [6, 6.07) is 18.6. The Bertz CT molecular complexity index is 775. The first-order valence-corrected chi connectivity index (χ1v) is 7.91. The van der Waals surface area contributed by atoms with E-state index in [9.17, 15) is 4.79 Å². The number of carbonyl (C=O) groups is 1. The molecule has 1 heterocycles. The molecule has 0 aliphatic carbocycles. The number of carbonyl (C=O) groups excluding carboxylic acids is 1. The lowest BCUT2D eigenvalue weighted by molar-refractivity contribution is -0.123. The van der Waals surface area contributed by atoms with Crippen LogP contribution < -0.4 is 10.1 Å². The molecule has 0 saturated carbocycles. The van der Waals surface area contributed by atoms with Gasteiger partial charge in [0.1, 0.15) is 10.8 Å². The van der Waals surface area contributed by atoms with Gasteiger partial charge in [-0.3, -0.25) is 10.1 Å². The lowest BCUT2D eigenvalue weighted by atomic mass is 10.1. The van der Waals surface area contributed by atoms with E-state index < -0.39 is 6.10 Å². The number of rotatable bonds is 5. The van der Waals surface area contributed by atoms with Crippen LogP contribution in [0.5, 0.6) is 5.75 Å². The Morgan fingerprint density at radius 1 is 1.04 bits per heavy atom. The Labute approximate surface area is 138 Å². The number of ether oxygens (including phenoxy) is 1. The number of benzene rings is 2. The minimum absolute atomic E-state index is 0.281. The number of aromatic nitrogens is 2. The molecule has 116 valence electrons. The monoisotopic (exact) mass is 325 g/mol. The lowest BCUT2D eigenvalue weighted by Gasteiger charge is -2.18. The zero-order chi connectivity index (χ0) is 16.1. The highest BCUT2D eigenvalue weighted by molar-refractivity contribution is 7.15. The predicted octanol–water partition coefficient (Wildman–Crippen LogP) is 3.61. The smallest absolute Gasteiger partial charge is 0.272 e. The van der Waals surface area contributed by atoms with Crippen LogP contribution in [0.1, 0.15) is 16.7 Å². The van der Waals surface area contributed by atoms with Gasteiger partial charge >= 0.3 is 0 Å². The molecule has 0 saturated heterocycles. The van der Waals surface area contributed by atoms with E-state index in [0.29, 0.717) is 10.9 Å². The number of amides is 1. The fourth-order valence-electron chi connectivity index (χ4n) is 2.05. The molecule has 1 aromatic heterocycles. The highest BCUT2D eigenvalue weighted by Crippen LogP contribution is 2.24. The molecule has 5 nitrogen and oxygen atoms in total. The van der Waals surface area contributed by atoms with E-state index in [1.54, 1.807) is 0 Å². The highest BCUT2D eigenvalue weighted by atomic mass is 32.1. The summed E-state index contributed by atoms with van der Waals surface area (Å²) < 4.78 is 5.89. The Hall–Kier alpha value is -2.73. The maximum absolute atomic E-state index is 12.6. The first-order chi connectivity index (χ1) is 11.2. The van der Waals surface area contributed by atoms with Crippen molar-refractivity contribution >= 4 is 22.4 Å². The largest absolute Gasteiger partial charge is 0.476 e. The van der Waals surface area contributed by atoms with Crippen molar-refractivity contribution in [2.24, 2.45) is 0 Å². The van der Waals surface area contributed by atoms with Crippen LogP contribution in [0.25, 0.3) is 0 Å². The first-order valence-electron chi connectivity index (χ1n) is 7.10. The molecule has 2 aromatic carbocycles. The maximum atomic E-state index is 12.6. The normalized spacial score (nSPS) is 11.7. The molecule has 23 heavy (non-hydrogen) atoms. The zero-order valence-electron chi connectivity index (χ0n) is 12.5. The number of hydrogen-bond acceptors (Lipinski definition) is 5. The third-order valence-electron chi connectivity index (χ3n) is 3.09. The van der Waals surface area contributed by atoms with Crippen molar-refractivity contribution < 1.29 is 9.53 Å². The van der Waals surface area contributed by atoms with Crippen LogP contribution in [0.4, 0.5) is 5.13 Å². The van der Waals surface area contributed by atoms with Crippen LogP contribution in [0.15, 0.2) is 60.7 Å². The molecule has 0 spiro atoms. The van der Waals surface area contributed by atoms with Crippen LogP contribution in [0.2, 0.25) is 0 Å². The fourth-order valence-corrected chi connectivity index (χ4v) is 2.65. The highest BCUT2D eigenvalue weighted by Gasteiger charge is 2.23. The summed E-state index contributed by atoms with van der Waals surface area (Å²) in [5.74, 6) is 0.348. The molecule has 0 fully saturated rings. The molecule has 1 N–H and O–H groups in total. The van der Waals surface area contributed by atoms with Gasteiger partial charge in [-0.25, -0.2) is 0 Å². The first kappa shape index (κ1) is 15.2. The van der Waals surface area contributed by atoms with Gasteiger partial charge in [-0.15, -0.1) is 10.2 Å². The quantitative estimate of drug-likeness (QED) is 0.778. The van der Waals surface area contributed by atoms with Gasteiger partial charge in [0.05, 0.1) is 0 Å². The van der Waals surface area contributed by atoms with Crippen molar-refractivity contribution in [1.29, 1.82) is 0 Å². The number of anilines is 1. The topological polar surface area (TPSA) is 64.1 Å². The third-order valence-corrected chi connectivity index (χ3v) is 3.85. The van der Waals surface area contributed by atoms with Crippen molar-refractivity contribution in [3.05, 3.63) is 71.2 Å². The molecular weight excluding hydrogens is 310 g/mol. The lowest BCUT2D eigenvalue weighted by Crippen LogP contribution is -2.25. The van der Waals surface area contributed by atoms with Gasteiger partial charge in [0.15, 0.2) is 0 Å². The van der Waals surface area contributed by atoms with Crippen LogP contribution >= 0.6 is 11.3 Å². The van der Waals surface area contributed by atoms with E-state index in [4.69, 9.17) is 4.74 Å². The Morgan fingerprint density at radius 2 is 1.70 bits per heavy atom. The molecule has 3 rings (SSSR count). The van der Waals surface area contributed by atoms with Crippen molar-refractivity contribution in [3.63, 3.8) is 0 Å². The van der Waals surface area contributed by atoms with Crippen molar-refractivity contribution in [2.45, 2.75) is 13.0 Å². The van der Waals surface area contributed by atoms with Crippen molar-refractivity contribution in [2.75, 3.05) is 5.32 Å². The Morgan fingerprint density at radius 3 is 2.30 bits per heavy atom. The summed E-state index contributed by atoms with van der Waals surface area (Å²) >= 11 is 1.33. The van der Waals surface area contributed by atoms with E-state index >= 15 is 0 Å². The number of nitrogens with one attached hydrogen (secondary N) is 1. The standard InChI is InChI=1S/C17H15N3O2S/c1-12-19-20-17(23-12)18-16(21)15(13-8-4-2-5-9-13)22-14-10-6-3-7-11-14/h2-11,15H,1H3,(H,18,20,21)/t15-/m1/s1. The van der Waals surface area contributed by atoms with Crippen molar-refractivity contribution in [1.82, 2.24) is 10.2 Å². The second-order valence-electron chi connectivity index (χ2n) is 4.84. The zero-order valence-corrected chi connectivity index (χ0v) is 13.3. The molecule has 0 bridgehead atoms. The van der Waals surface area contributed by atoms with E-state index in [1.165, 1.54) is 11.3 Å². The summed E-state index contributed by atoms with van der Waals surface area (Å²) in [5, 5.41) is 11.8. The van der Waals surface area contributed by atoms with Gasteiger partial charge < -0.3 is 4.74 Å². The maximum Gasteiger partial charge on any atom is 0.272 e. The summed E-state index contributed by atoms with van der Waals surface area (Å²) in [6.07, 6.45) is -0.761. The van der Waals surface area contributed by atoms with E-state index in [-0.39, 0.29) is 5.91 Å². The van der Waals surface area contributed by atoms with Crippen LogP contribution in [0, 0.1) is 6.92 Å². The van der Waals surface area contributed by atoms with Gasteiger partial charge in [-0.1, -0.05) is 59.9 Å². The van der Waals surface area contributed by atoms with Crippen LogP contribution in [-0.2, 0) is 4.79 Å². The number of hydrogen-bond donors (Lipinski definition) is 1. The fraction of sp³-hybridized carbons (Fsp3) is 0.118. The van der Waals surface area contributed by atoms with E-state index in [1.807, 2.05) is 67.6 Å². The second-order valence-corrected chi connectivity index (χ2v) is 6.02. The third kappa shape index (κ3) is 3.92. The predicted molar refractivity (Wildman–Crippen MR) is 89.5 cm³/mol. The number of para-hydroxylation sites is 1. The van der Waals surface area contributed by atoms with Crippen LogP contribution in [0.3, 0.4) is 0 Å². The average molecular weight is 325 g/mol. The average Bonchev–Trinajstić information content (AvgIpc) is 2.99. The van der Waals surface area contributed by atoms with Gasteiger partial charge in [-0.2, -0.15) is 0 Å². The molecule has 1 atom stereocenters. The SMILES string of the molecule is Cc1nnc(NC(=O)[C@H](Oc2ccccc2)c2ccccc2)s1. The molecule has 1 amide bonds. The van der Waals surface area contributed by atoms with Crippen molar-refractivity contribution in [3.8, 4) is 5.75 Å². The molecule has 0 unspecified atom stereocenters. The Kier molecular flexibility index (Phi) is 4.63. The van der Waals surface area contributed by atoms with Gasteiger partial charge in [0.25, 0.3) is 5.91 Å². The van der Waals surface area contributed by atoms with Gasteiger partial charge in [0.2, 0.25) is 11.2 Å². The number of aryl methyl sites for hydroxylation is 1. The summed E-state index contributed by atoms with van der Waals surface area (Å²) in [5.41, 5.74) is 0.773. The minimum atomic E-state index is -0.761. The summed E-state index contributed by atoms with van der Waals surface area (Å²) in [7, 11) is 0. The second kappa shape index (κ2) is 7.02. The van der Waals surface area contributed by atoms with Gasteiger partial charge in [-0.05, 0) is 19.1 Å². The number of nitrogens with zero attached hydrogens (tertiary/aromatic N) is 2. The summed E-state index contributed by atoms with van der Waals surface area (Å²) in [4.78, 5) is 12.6. The van der Waals surface area contributed by atoms with Crippen LogP contribution in [-0.4, -0.2) is 16.1 Å². The Balaban J connectivity index is 1.84. The molecule has 3 aromatic rings. The van der Waals surface area contributed by atoms with Gasteiger partial charge in [0, 0.05) is 5.56 Å². The van der Waals surface area contributed by atoms with E-state index in [0.717, 1.165) is 10.6 Å². The van der Waals surface area contributed by atoms with E-state index in [2.05, 4.69) is 15.5 Å². The minimum Gasteiger partial charge on any atom is -0.476 e. The molecule has 6 heteroatoms. The molecule has 0 aliphatic heterocycles.